The number of H-pyrrole nitrogens is 1. The zero-order chi connectivity index (χ0) is 29.0. The van der Waals surface area contributed by atoms with Crippen LogP contribution < -0.4 is 21.5 Å². The third-order valence-corrected chi connectivity index (χ3v) is 6.34. The Bertz CT molecular complexity index is 1630. The van der Waals surface area contributed by atoms with Gasteiger partial charge in [-0.1, -0.05) is 37.0 Å². The summed E-state index contributed by atoms with van der Waals surface area (Å²) in [6, 6.07) is 5.57. The number of ether oxygens (including phenoxy) is 3. The van der Waals surface area contributed by atoms with E-state index in [1.165, 1.54) is 18.2 Å². The van der Waals surface area contributed by atoms with Crippen molar-refractivity contribution in [2.24, 2.45) is 0 Å². The molecule has 0 radical (unpaired) electrons. The van der Waals surface area contributed by atoms with Crippen molar-refractivity contribution in [3.05, 3.63) is 70.7 Å². The molecule has 4 rings (SSSR count). The van der Waals surface area contributed by atoms with Crippen LogP contribution in [0.1, 0.15) is 31.0 Å². The lowest BCUT2D eigenvalue weighted by Gasteiger charge is -2.25. The standard InChI is InChI=1S/C24H23Cl2N7O7/c1-13(2)15-9-19(30-32(23(15)36)12-39-20(34)11-31-3-5-38-6-4-31)40-21-16(25)7-14(8-17(21)26)33-24(37)28-22(35)18(10-27)29-33/h7-9,13H,3-6,11-12H2,1-2H3,(H,28,35,37). The van der Waals surface area contributed by atoms with E-state index in [-0.39, 0.29) is 39.8 Å². The van der Waals surface area contributed by atoms with Crippen molar-refractivity contribution in [2.75, 3.05) is 32.8 Å². The molecular formula is C24H23Cl2N7O7. The Hall–Kier alpha value is -4.03. The number of hydrogen-bond donors (Lipinski definition) is 1. The van der Waals surface area contributed by atoms with Crippen molar-refractivity contribution in [1.82, 2.24) is 29.4 Å². The van der Waals surface area contributed by atoms with Crippen LogP contribution in [0.15, 0.2) is 32.6 Å². The van der Waals surface area contributed by atoms with Gasteiger partial charge in [0.15, 0.2) is 12.5 Å². The maximum Gasteiger partial charge on any atom is 0.349 e. The lowest BCUT2D eigenvalue weighted by Crippen LogP contribution is -2.40. The Morgan fingerprint density at radius 3 is 2.45 bits per heavy atom. The first-order valence-corrected chi connectivity index (χ1v) is 12.7. The van der Waals surface area contributed by atoms with Gasteiger partial charge in [-0.05, 0) is 18.1 Å². The van der Waals surface area contributed by atoms with Gasteiger partial charge in [0.25, 0.3) is 11.1 Å². The van der Waals surface area contributed by atoms with E-state index in [9.17, 15) is 19.2 Å². The lowest BCUT2D eigenvalue weighted by atomic mass is 10.1. The molecule has 14 nitrogen and oxygen atoms in total. The number of rotatable bonds is 8. The molecule has 210 valence electrons. The van der Waals surface area contributed by atoms with Gasteiger partial charge in [-0.3, -0.25) is 24.3 Å². The van der Waals surface area contributed by atoms with Crippen LogP contribution in [0.25, 0.3) is 5.69 Å². The number of morpholine rings is 1. The minimum Gasteiger partial charge on any atom is -0.441 e. The molecule has 1 fully saturated rings. The van der Waals surface area contributed by atoms with Crippen LogP contribution in [0, 0.1) is 11.3 Å². The van der Waals surface area contributed by atoms with E-state index < -0.39 is 35.2 Å². The van der Waals surface area contributed by atoms with Crippen LogP contribution in [0.2, 0.25) is 10.0 Å². The second-order valence-corrected chi connectivity index (χ2v) is 9.72. The SMILES string of the molecule is CC(C)c1cc(Oc2c(Cl)cc(-n3nc(C#N)c(=O)[nH]c3=O)cc2Cl)nn(COC(=O)CN2CCOCC2)c1=O. The Kier molecular flexibility index (Phi) is 9.00. The molecule has 1 aliphatic rings. The molecular weight excluding hydrogens is 569 g/mol. The molecule has 16 heteroatoms. The van der Waals surface area contributed by atoms with Crippen LogP contribution in [0.5, 0.6) is 11.6 Å². The largest absolute Gasteiger partial charge is 0.441 e. The van der Waals surface area contributed by atoms with E-state index in [1.807, 2.05) is 9.88 Å². The monoisotopic (exact) mass is 591 g/mol. The van der Waals surface area contributed by atoms with Crippen LogP contribution >= 0.6 is 23.2 Å². The van der Waals surface area contributed by atoms with E-state index in [0.29, 0.717) is 31.9 Å². The third kappa shape index (κ3) is 6.57. The van der Waals surface area contributed by atoms with Crippen LogP contribution in [-0.4, -0.2) is 68.3 Å². The molecule has 1 N–H and O–H groups in total. The summed E-state index contributed by atoms with van der Waals surface area (Å²) in [6.07, 6.45) is 0. The number of nitriles is 1. The first-order valence-electron chi connectivity index (χ1n) is 12.0. The predicted molar refractivity (Wildman–Crippen MR) is 141 cm³/mol. The van der Waals surface area contributed by atoms with Crippen molar-refractivity contribution in [2.45, 2.75) is 26.5 Å². The summed E-state index contributed by atoms with van der Waals surface area (Å²) < 4.78 is 18.1. The molecule has 3 aromatic rings. The van der Waals surface area contributed by atoms with Gasteiger partial charge in [-0.15, -0.1) is 10.2 Å². The molecule has 1 aromatic carbocycles. The van der Waals surface area contributed by atoms with Gasteiger partial charge >= 0.3 is 11.7 Å². The van der Waals surface area contributed by atoms with Crippen molar-refractivity contribution >= 4 is 29.2 Å². The number of esters is 1. The average Bonchev–Trinajstić information content (AvgIpc) is 2.91. The Morgan fingerprint density at radius 2 is 1.82 bits per heavy atom. The normalized spacial score (nSPS) is 13.7. The highest BCUT2D eigenvalue weighted by Gasteiger charge is 2.20. The van der Waals surface area contributed by atoms with Crippen molar-refractivity contribution in [1.29, 1.82) is 5.26 Å². The summed E-state index contributed by atoms with van der Waals surface area (Å²) in [6.45, 7) is 5.45. The van der Waals surface area contributed by atoms with Gasteiger partial charge in [0.05, 0.1) is 35.5 Å². The molecule has 0 saturated carbocycles. The third-order valence-electron chi connectivity index (χ3n) is 5.77. The lowest BCUT2D eigenvalue weighted by molar-refractivity contribution is -0.150. The van der Waals surface area contributed by atoms with Gasteiger partial charge in [0, 0.05) is 24.7 Å². The van der Waals surface area contributed by atoms with E-state index in [0.717, 1.165) is 9.36 Å². The number of aromatic amines is 1. The molecule has 0 aliphatic carbocycles. The molecule has 0 unspecified atom stereocenters. The second-order valence-electron chi connectivity index (χ2n) is 8.90. The summed E-state index contributed by atoms with van der Waals surface area (Å²) in [7, 11) is 0. The zero-order valence-electron chi connectivity index (χ0n) is 21.3. The highest BCUT2D eigenvalue weighted by atomic mass is 35.5. The fourth-order valence-corrected chi connectivity index (χ4v) is 4.28. The summed E-state index contributed by atoms with van der Waals surface area (Å²) in [5, 5.41) is 16.8. The van der Waals surface area contributed by atoms with Crippen molar-refractivity contribution in [3.63, 3.8) is 0 Å². The fraction of sp³-hybridized carbons (Fsp3) is 0.375. The van der Waals surface area contributed by atoms with E-state index in [1.54, 1.807) is 19.9 Å². The summed E-state index contributed by atoms with van der Waals surface area (Å²) >= 11 is 12.8. The first-order chi connectivity index (χ1) is 19.1. The summed E-state index contributed by atoms with van der Waals surface area (Å²) in [5.41, 5.74) is -2.46. The number of aromatic nitrogens is 5. The Balaban J connectivity index is 1.60. The molecule has 40 heavy (non-hydrogen) atoms. The molecule has 0 atom stereocenters. The predicted octanol–water partition coefficient (Wildman–Crippen LogP) is 1.40. The number of nitrogens with zero attached hydrogens (tertiary/aromatic N) is 6. The molecule has 3 heterocycles. The zero-order valence-corrected chi connectivity index (χ0v) is 22.9. The van der Waals surface area contributed by atoms with Crippen molar-refractivity contribution in [3.8, 4) is 23.4 Å². The van der Waals surface area contributed by atoms with Crippen LogP contribution in [-0.2, 0) is 21.0 Å². The fourth-order valence-electron chi connectivity index (χ4n) is 3.73. The smallest absolute Gasteiger partial charge is 0.349 e. The molecule has 0 amide bonds. The topological polar surface area (TPSA) is 174 Å². The molecule has 0 spiro atoms. The van der Waals surface area contributed by atoms with Gasteiger partial charge in [0.1, 0.15) is 6.07 Å². The van der Waals surface area contributed by atoms with Crippen LogP contribution in [0.4, 0.5) is 0 Å². The number of carbonyl (C=O) groups excluding carboxylic acids is 1. The van der Waals surface area contributed by atoms with Gasteiger partial charge in [-0.2, -0.15) is 14.6 Å². The van der Waals surface area contributed by atoms with Crippen molar-refractivity contribution < 1.29 is 19.0 Å². The molecule has 2 aromatic heterocycles. The Labute approximate surface area is 236 Å². The van der Waals surface area contributed by atoms with E-state index in [2.05, 4.69) is 10.2 Å². The number of benzene rings is 1. The number of nitrogens with one attached hydrogen (secondary N) is 1. The van der Waals surface area contributed by atoms with Gasteiger partial charge in [-0.25, -0.2) is 4.79 Å². The van der Waals surface area contributed by atoms with Gasteiger partial charge in [0.2, 0.25) is 11.6 Å². The van der Waals surface area contributed by atoms with E-state index in [4.69, 9.17) is 42.7 Å². The first kappa shape index (κ1) is 29.0. The number of halogens is 2. The van der Waals surface area contributed by atoms with E-state index >= 15 is 0 Å². The quantitative estimate of drug-likeness (QED) is 0.375. The molecule has 0 bridgehead atoms. The minimum absolute atomic E-state index is 0.0476. The number of carbonyl (C=O) groups is 1. The maximum atomic E-state index is 12.9. The summed E-state index contributed by atoms with van der Waals surface area (Å²) in [4.78, 5) is 53.0. The second kappa shape index (κ2) is 12.4. The average molecular weight is 592 g/mol. The highest BCUT2D eigenvalue weighted by molar-refractivity contribution is 6.37. The minimum atomic E-state index is -0.935. The molecule has 1 saturated heterocycles. The Morgan fingerprint density at radius 1 is 1.15 bits per heavy atom. The highest BCUT2D eigenvalue weighted by Crippen LogP contribution is 2.37. The summed E-state index contributed by atoms with van der Waals surface area (Å²) in [5.74, 6) is -0.869. The van der Waals surface area contributed by atoms with Gasteiger partial charge < -0.3 is 14.2 Å². The molecule has 1 aliphatic heterocycles. The maximum absolute atomic E-state index is 12.9. The van der Waals surface area contributed by atoms with Crippen LogP contribution in [0.3, 0.4) is 0 Å². The number of hydrogen-bond acceptors (Lipinski definition) is 11.